The van der Waals surface area contributed by atoms with Crippen molar-refractivity contribution in [3.8, 4) is 0 Å². The molecule has 44 heavy (non-hydrogen) atoms. The zero-order valence-corrected chi connectivity index (χ0v) is 28.2. The summed E-state index contributed by atoms with van der Waals surface area (Å²) in [5.41, 5.74) is -2.82. The first-order valence-corrected chi connectivity index (χ1v) is 16.0. The molecular weight excluding hydrogens is 566 g/mol. The number of likely N-dealkylation sites (N-methyl/N-ethyl adjacent to an activating group) is 1. The number of amides is 1. The van der Waals surface area contributed by atoms with Crippen LogP contribution in [-0.4, -0.2) is 84.5 Å². The molecule has 0 unspecified atom stereocenters. The lowest BCUT2D eigenvalue weighted by Gasteiger charge is -2.67. The van der Waals surface area contributed by atoms with E-state index < -0.39 is 70.7 Å². The Hall–Kier alpha value is -2.46. The van der Waals surface area contributed by atoms with Crippen molar-refractivity contribution in [3.05, 3.63) is 12.2 Å². The number of nitrogens with zero attached hydrogens (tertiary/aromatic N) is 1. The molecule has 1 N–H and O–H groups in total. The zero-order valence-electron chi connectivity index (χ0n) is 28.2. The van der Waals surface area contributed by atoms with Crippen LogP contribution in [0.15, 0.2) is 12.2 Å². The smallest absolute Gasteiger partial charge is 0.410 e. The van der Waals surface area contributed by atoms with Gasteiger partial charge in [-0.1, -0.05) is 40.7 Å². The Bertz CT molecular complexity index is 1190. The van der Waals surface area contributed by atoms with E-state index in [1.807, 2.05) is 13.8 Å². The van der Waals surface area contributed by atoms with Crippen LogP contribution in [0, 0.1) is 39.9 Å². The van der Waals surface area contributed by atoms with Crippen LogP contribution in [-0.2, 0) is 33.3 Å². The quantitative estimate of drug-likeness (QED) is 0.245. The van der Waals surface area contributed by atoms with Gasteiger partial charge in [0.05, 0.1) is 18.8 Å². The lowest BCUT2D eigenvalue weighted by atomic mass is 9.39. The standard InChI is InChI=1S/C34H53NO9/c1-18(2)25(35(10)30(40)44-31(5,6)7)29(39)43-28-21-15-22(37)26-33(17-42-20(4)36)14-12-13-32(8,9)23(33)16-24(41-11)34(26,28)27(38)19(21)3/h18,21-26,28,37H,3,12-17H2,1-2,4-11H3/t21-,22-,23+,24+,25-,26-,28+,33-,34+/m0/s1. The number of esters is 2. The van der Waals surface area contributed by atoms with Gasteiger partial charge in [-0.05, 0) is 69.3 Å². The molecule has 9 atom stereocenters. The molecule has 0 heterocycles. The molecule has 10 heteroatoms. The van der Waals surface area contributed by atoms with E-state index in [4.69, 9.17) is 18.9 Å². The third kappa shape index (κ3) is 5.37. The van der Waals surface area contributed by atoms with Crippen LogP contribution >= 0.6 is 0 Å². The number of Topliss-reactive ketones (excluding diaryl/α,β-unsaturated/α-hetero) is 1. The van der Waals surface area contributed by atoms with Crippen molar-refractivity contribution < 1.29 is 43.2 Å². The summed E-state index contributed by atoms with van der Waals surface area (Å²) < 4.78 is 23.9. The van der Waals surface area contributed by atoms with Gasteiger partial charge in [0.15, 0.2) is 5.78 Å². The monoisotopic (exact) mass is 619 g/mol. The van der Waals surface area contributed by atoms with Crippen LogP contribution < -0.4 is 0 Å². The number of methoxy groups -OCH3 is 1. The van der Waals surface area contributed by atoms with Gasteiger partial charge >= 0.3 is 18.0 Å². The van der Waals surface area contributed by atoms with Gasteiger partial charge in [-0.25, -0.2) is 9.59 Å². The van der Waals surface area contributed by atoms with Gasteiger partial charge in [0, 0.05) is 38.3 Å². The van der Waals surface area contributed by atoms with Gasteiger partial charge in [0.25, 0.3) is 0 Å². The third-order valence-corrected chi connectivity index (χ3v) is 11.1. The molecule has 4 aliphatic rings. The Morgan fingerprint density at radius 1 is 1.14 bits per heavy atom. The molecule has 0 aromatic rings. The highest BCUT2D eigenvalue weighted by Gasteiger charge is 2.78. The minimum absolute atomic E-state index is 0.0328. The van der Waals surface area contributed by atoms with E-state index >= 15 is 0 Å². The number of aliphatic hydroxyl groups is 1. The van der Waals surface area contributed by atoms with Crippen molar-refractivity contribution in [1.29, 1.82) is 0 Å². The highest BCUT2D eigenvalue weighted by atomic mass is 16.6. The van der Waals surface area contributed by atoms with Crippen LogP contribution in [0.5, 0.6) is 0 Å². The maximum Gasteiger partial charge on any atom is 0.410 e. The number of ketones is 1. The molecule has 248 valence electrons. The predicted molar refractivity (Wildman–Crippen MR) is 162 cm³/mol. The summed E-state index contributed by atoms with van der Waals surface area (Å²) in [6.45, 7) is 18.8. The molecule has 4 rings (SSSR count). The van der Waals surface area contributed by atoms with Gasteiger partial charge in [-0.3, -0.25) is 14.5 Å². The molecule has 4 fully saturated rings. The average molecular weight is 620 g/mol. The largest absolute Gasteiger partial charge is 0.465 e. The van der Waals surface area contributed by atoms with Crippen molar-refractivity contribution in [2.75, 3.05) is 20.8 Å². The molecule has 0 aliphatic heterocycles. The fourth-order valence-corrected chi connectivity index (χ4v) is 9.60. The van der Waals surface area contributed by atoms with Crippen LogP contribution in [0.2, 0.25) is 0 Å². The minimum atomic E-state index is -1.43. The third-order valence-electron chi connectivity index (χ3n) is 11.1. The number of aliphatic hydroxyl groups excluding tert-OH is 1. The molecule has 0 radical (unpaired) electrons. The second-order valence-corrected chi connectivity index (χ2v) is 15.7. The molecule has 0 saturated heterocycles. The lowest BCUT2D eigenvalue weighted by Crippen LogP contribution is -2.72. The molecular formula is C34H53NO9. The maximum absolute atomic E-state index is 14.6. The lowest BCUT2D eigenvalue weighted by molar-refractivity contribution is -0.272. The van der Waals surface area contributed by atoms with Gasteiger partial charge in [0.1, 0.15) is 23.2 Å². The van der Waals surface area contributed by atoms with Gasteiger partial charge in [-0.15, -0.1) is 0 Å². The van der Waals surface area contributed by atoms with E-state index in [0.29, 0.717) is 18.4 Å². The van der Waals surface area contributed by atoms with Crippen molar-refractivity contribution in [2.45, 2.75) is 117 Å². The Morgan fingerprint density at radius 2 is 1.77 bits per heavy atom. The second kappa shape index (κ2) is 11.7. The Labute approximate surface area is 262 Å². The van der Waals surface area contributed by atoms with Crippen molar-refractivity contribution in [3.63, 3.8) is 0 Å². The van der Waals surface area contributed by atoms with Crippen molar-refractivity contribution >= 4 is 23.8 Å². The first-order chi connectivity index (χ1) is 20.3. The number of hydrogen-bond acceptors (Lipinski definition) is 9. The molecule has 10 nitrogen and oxygen atoms in total. The van der Waals surface area contributed by atoms with Crippen LogP contribution in [0.4, 0.5) is 4.79 Å². The van der Waals surface area contributed by atoms with E-state index in [0.717, 1.165) is 12.8 Å². The van der Waals surface area contributed by atoms with Crippen LogP contribution in [0.3, 0.4) is 0 Å². The molecule has 1 amide bonds. The number of ether oxygens (including phenoxy) is 4. The fourth-order valence-electron chi connectivity index (χ4n) is 9.60. The van der Waals surface area contributed by atoms with Crippen molar-refractivity contribution in [2.24, 2.45) is 39.9 Å². The topological polar surface area (TPSA) is 129 Å². The maximum atomic E-state index is 14.6. The van der Waals surface area contributed by atoms with Crippen LogP contribution in [0.25, 0.3) is 0 Å². The second-order valence-electron chi connectivity index (χ2n) is 15.7. The first-order valence-electron chi connectivity index (χ1n) is 16.0. The number of rotatable bonds is 7. The fraction of sp³-hybridized carbons (Fsp3) is 0.824. The minimum Gasteiger partial charge on any atom is -0.465 e. The molecule has 4 aliphatic carbocycles. The molecule has 0 aromatic heterocycles. The number of fused-ring (bicyclic) bond motifs is 3. The summed E-state index contributed by atoms with van der Waals surface area (Å²) in [4.78, 5) is 55.2. The van der Waals surface area contributed by atoms with E-state index in [2.05, 4.69) is 20.4 Å². The molecule has 4 saturated carbocycles. The van der Waals surface area contributed by atoms with E-state index in [9.17, 15) is 24.3 Å². The van der Waals surface area contributed by atoms with Gasteiger partial charge in [-0.2, -0.15) is 0 Å². The molecule has 2 bridgehead atoms. The Morgan fingerprint density at radius 3 is 2.32 bits per heavy atom. The highest BCUT2D eigenvalue weighted by molar-refractivity contribution is 6.05. The van der Waals surface area contributed by atoms with Gasteiger partial charge in [0.2, 0.25) is 0 Å². The Kier molecular flexibility index (Phi) is 9.17. The number of carbonyl (C=O) groups is 4. The molecule has 1 spiro atoms. The summed E-state index contributed by atoms with van der Waals surface area (Å²) >= 11 is 0. The van der Waals surface area contributed by atoms with E-state index in [1.54, 1.807) is 27.9 Å². The van der Waals surface area contributed by atoms with E-state index in [-0.39, 0.29) is 36.1 Å². The SMILES string of the molecule is C=C1C(=O)[C@]23[C@H](OC(=O)[C@H](C(C)C)N(C)C(=O)OC(C)(C)C)[C@H]1C[C@H](O)[C@H]2[C@]1(COC(C)=O)CCCC(C)(C)[C@H]1C[C@H]3OC. The van der Waals surface area contributed by atoms with Gasteiger partial charge < -0.3 is 24.1 Å². The highest BCUT2D eigenvalue weighted by Crippen LogP contribution is 2.72. The van der Waals surface area contributed by atoms with Crippen LogP contribution in [0.1, 0.15) is 87.5 Å². The summed E-state index contributed by atoms with van der Waals surface area (Å²) in [6.07, 6.45) is -0.171. The molecule has 0 aromatic carbocycles. The zero-order chi connectivity index (χ0) is 33.2. The summed E-state index contributed by atoms with van der Waals surface area (Å²) in [7, 11) is 3.06. The number of carbonyl (C=O) groups excluding carboxylic acids is 4. The average Bonchev–Trinajstić information content (AvgIpc) is 3.02. The predicted octanol–water partition coefficient (Wildman–Crippen LogP) is 4.71. The van der Waals surface area contributed by atoms with E-state index in [1.165, 1.54) is 18.9 Å². The number of hydrogen-bond donors (Lipinski definition) is 1. The Balaban J connectivity index is 1.84. The summed E-state index contributed by atoms with van der Waals surface area (Å²) in [5.74, 6) is -3.04. The summed E-state index contributed by atoms with van der Waals surface area (Å²) in [6, 6.07) is -0.990. The van der Waals surface area contributed by atoms with Crippen molar-refractivity contribution in [1.82, 2.24) is 4.90 Å². The normalized spacial score (nSPS) is 36.6. The first kappa shape index (κ1) is 34.4. The summed E-state index contributed by atoms with van der Waals surface area (Å²) in [5, 5.41) is 12.0.